The molecule has 0 spiro atoms. The number of rotatable bonds is 3. The molecule has 0 amide bonds. The molecule has 0 saturated carbocycles. The zero-order valence-corrected chi connectivity index (χ0v) is 15.6. The minimum absolute atomic E-state index is 0. The Balaban J connectivity index is 0.00000208. The second kappa shape index (κ2) is 7.21. The van der Waals surface area contributed by atoms with E-state index in [9.17, 15) is 0 Å². The van der Waals surface area contributed by atoms with E-state index >= 15 is 0 Å². The van der Waals surface area contributed by atoms with Crippen molar-refractivity contribution < 1.29 is 4.52 Å². The zero-order valence-electron chi connectivity index (χ0n) is 14.8. The van der Waals surface area contributed by atoms with Crippen LogP contribution in [0.2, 0.25) is 0 Å². The van der Waals surface area contributed by atoms with Crippen LogP contribution in [0.3, 0.4) is 0 Å². The molecule has 6 heteroatoms. The van der Waals surface area contributed by atoms with Gasteiger partial charge in [-0.25, -0.2) is 0 Å². The van der Waals surface area contributed by atoms with Gasteiger partial charge < -0.3 is 10.3 Å². The highest BCUT2D eigenvalue weighted by molar-refractivity contribution is 5.85. The Morgan fingerprint density at radius 1 is 1.33 bits per heavy atom. The number of nitrogens with zero attached hydrogens (tertiary/aromatic N) is 3. The van der Waals surface area contributed by atoms with Gasteiger partial charge in [0.15, 0.2) is 0 Å². The van der Waals surface area contributed by atoms with Crippen molar-refractivity contribution in [1.82, 2.24) is 15.0 Å². The molecule has 2 unspecified atom stereocenters. The first kappa shape index (κ1) is 18.9. The van der Waals surface area contributed by atoms with Crippen LogP contribution in [0, 0.1) is 12.3 Å². The molecule has 1 aliphatic rings. The van der Waals surface area contributed by atoms with Gasteiger partial charge in [-0.05, 0) is 31.2 Å². The normalized spacial score (nSPS) is 22.0. The lowest BCUT2D eigenvalue weighted by molar-refractivity contribution is 0.0549. The van der Waals surface area contributed by atoms with Crippen LogP contribution in [-0.4, -0.2) is 34.2 Å². The first-order valence-corrected chi connectivity index (χ1v) is 8.28. The second-order valence-corrected chi connectivity index (χ2v) is 7.30. The third-order valence-electron chi connectivity index (χ3n) is 5.07. The van der Waals surface area contributed by atoms with E-state index in [1.807, 2.05) is 18.2 Å². The molecule has 2 N–H and O–H groups in total. The molecule has 1 fully saturated rings. The summed E-state index contributed by atoms with van der Waals surface area (Å²) >= 11 is 0. The van der Waals surface area contributed by atoms with Crippen LogP contribution >= 0.6 is 12.4 Å². The van der Waals surface area contributed by atoms with Gasteiger partial charge in [-0.15, -0.1) is 12.4 Å². The van der Waals surface area contributed by atoms with Crippen molar-refractivity contribution in [3.63, 3.8) is 0 Å². The monoisotopic (exact) mass is 350 g/mol. The molecular formula is C18H27ClN4O. The molecule has 0 bridgehead atoms. The summed E-state index contributed by atoms with van der Waals surface area (Å²) in [6.07, 6.45) is 0.996. The number of hydrogen-bond acceptors (Lipinski definition) is 5. The Morgan fingerprint density at radius 2 is 2.04 bits per heavy atom. The van der Waals surface area contributed by atoms with Crippen molar-refractivity contribution in [1.29, 1.82) is 0 Å². The summed E-state index contributed by atoms with van der Waals surface area (Å²) in [6.45, 7) is 10.5. The molecule has 0 radical (unpaired) electrons. The molecule has 5 nitrogen and oxygen atoms in total. The number of halogens is 1. The number of aryl methyl sites for hydroxylation is 1. The van der Waals surface area contributed by atoms with E-state index in [4.69, 9.17) is 10.3 Å². The van der Waals surface area contributed by atoms with Crippen molar-refractivity contribution in [2.24, 2.45) is 11.1 Å². The van der Waals surface area contributed by atoms with Crippen molar-refractivity contribution in [2.75, 3.05) is 13.1 Å². The van der Waals surface area contributed by atoms with E-state index in [-0.39, 0.29) is 29.9 Å². The molecule has 24 heavy (non-hydrogen) atoms. The standard InChI is InChI=1S/C18H26N4O.ClH/c1-12-7-5-6-8-14(12)16-20-17(23-21-16)13(2)22-10-9-15(19)18(3,4)11-22;/h5-8,13,15H,9-11,19H2,1-4H3;1H. The summed E-state index contributed by atoms with van der Waals surface area (Å²) in [5, 5.41) is 4.18. The Bertz CT molecular complexity index is 685. The minimum atomic E-state index is 0. The quantitative estimate of drug-likeness (QED) is 0.916. The molecule has 132 valence electrons. The third kappa shape index (κ3) is 3.63. The lowest BCUT2D eigenvalue weighted by atomic mass is 9.79. The predicted molar refractivity (Wildman–Crippen MR) is 98.1 cm³/mol. The van der Waals surface area contributed by atoms with E-state index < -0.39 is 0 Å². The largest absolute Gasteiger partial charge is 0.337 e. The lowest BCUT2D eigenvalue weighted by Crippen LogP contribution is -2.52. The summed E-state index contributed by atoms with van der Waals surface area (Å²) in [7, 11) is 0. The summed E-state index contributed by atoms with van der Waals surface area (Å²) in [4.78, 5) is 7.02. The van der Waals surface area contributed by atoms with Gasteiger partial charge in [0.25, 0.3) is 0 Å². The fourth-order valence-corrected chi connectivity index (χ4v) is 3.24. The van der Waals surface area contributed by atoms with E-state index in [0.29, 0.717) is 11.7 Å². The van der Waals surface area contributed by atoms with Crippen LogP contribution in [-0.2, 0) is 0 Å². The van der Waals surface area contributed by atoms with E-state index in [1.165, 1.54) is 0 Å². The van der Waals surface area contributed by atoms with Crippen molar-refractivity contribution in [2.45, 2.75) is 46.2 Å². The lowest BCUT2D eigenvalue weighted by Gasteiger charge is -2.44. The van der Waals surface area contributed by atoms with Gasteiger partial charge >= 0.3 is 0 Å². The molecule has 2 heterocycles. The molecule has 1 aromatic carbocycles. The molecule has 2 aromatic rings. The number of likely N-dealkylation sites (tertiary alicyclic amines) is 1. The Morgan fingerprint density at radius 3 is 2.71 bits per heavy atom. The van der Waals surface area contributed by atoms with E-state index in [0.717, 1.165) is 30.6 Å². The number of aromatic nitrogens is 2. The maximum absolute atomic E-state index is 6.23. The average molecular weight is 351 g/mol. The predicted octanol–water partition coefficient (Wildman–Crippen LogP) is 3.59. The Labute approximate surface area is 150 Å². The fraction of sp³-hybridized carbons (Fsp3) is 0.556. The van der Waals surface area contributed by atoms with Crippen molar-refractivity contribution in [3.8, 4) is 11.4 Å². The molecule has 3 rings (SSSR count). The maximum Gasteiger partial charge on any atom is 0.244 e. The number of hydrogen-bond donors (Lipinski definition) is 1. The summed E-state index contributed by atoms with van der Waals surface area (Å²) in [6, 6.07) is 8.45. The van der Waals surface area contributed by atoms with Crippen molar-refractivity contribution >= 4 is 12.4 Å². The highest BCUT2D eigenvalue weighted by Gasteiger charge is 2.36. The van der Waals surface area contributed by atoms with E-state index in [2.05, 4.69) is 48.8 Å². The van der Waals surface area contributed by atoms with Crippen LogP contribution in [0.5, 0.6) is 0 Å². The van der Waals surface area contributed by atoms with E-state index in [1.54, 1.807) is 0 Å². The SMILES string of the molecule is Cc1ccccc1-c1noc(C(C)N2CCC(N)C(C)(C)C2)n1.Cl. The van der Waals surface area contributed by atoms with Gasteiger partial charge in [-0.3, -0.25) is 4.90 Å². The topological polar surface area (TPSA) is 68.2 Å². The van der Waals surface area contributed by atoms with Gasteiger partial charge in [0.05, 0.1) is 6.04 Å². The van der Waals surface area contributed by atoms with Gasteiger partial charge in [-0.2, -0.15) is 4.98 Å². The maximum atomic E-state index is 6.23. The third-order valence-corrected chi connectivity index (χ3v) is 5.07. The van der Waals surface area contributed by atoms with Crippen LogP contribution < -0.4 is 5.73 Å². The highest BCUT2D eigenvalue weighted by Crippen LogP contribution is 2.33. The van der Waals surface area contributed by atoms with Crippen molar-refractivity contribution in [3.05, 3.63) is 35.7 Å². The van der Waals surface area contributed by atoms with Crippen LogP contribution in [0.15, 0.2) is 28.8 Å². The van der Waals surface area contributed by atoms with Crippen LogP contribution in [0.25, 0.3) is 11.4 Å². The average Bonchev–Trinajstić information content (AvgIpc) is 2.99. The summed E-state index contributed by atoms with van der Waals surface area (Å²) in [5.74, 6) is 1.34. The summed E-state index contributed by atoms with van der Waals surface area (Å²) < 4.78 is 5.55. The zero-order chi connectivity index (χ0) is 16.6. The van der Waals surface area contributed by atoms with Crippen LogP contribution in [0.1, 0.15) is 44.7 Å². The molecule has 1 aliphatic heterocycles. The molecular weight excluding hydrogens is 324 g/mol. The first-order valence-electron chi connectivity index (χ1n) is 8.28. The Kier molecular flexibility index (Phi) is 5.68. The van der Waals surface area contributed by atoms with Gasteiger partial charge in [-0.1, -0.05) is 43.3 Å². The molecule has 1 aromatic heterocycles. The number of benzene rings is 1. The second-order valence-electron chi connectivity index (χ2n) is 7.30. The van der Waals surface area contributed by atoms with Gasteiger partial charge in [0.2, 0.25) is 11.7 Å². The number of nitrogens with two attached hydrogens (primary N) is 1. The highest BCUT2D eigenvalue weighted by atomic mass is 35.5. The molecule has 2 atom stereocenters. The molecule has 0 aliphatic carbocycles. The molecule has 1 saturated heterocycles. The Hall–Kier alpha value is -1.43. The fourth-order valence-electron chi connectivity index (χ4n) is 3.24. The van der Waals surface area contributed by atoms with Crippen LogP contribution in [0.4, 0.5) is 0 Å². The van der Waals surface area contributed by atoms with Gasteiger partial charge in [0, 0.05) is 24.7 Å². The van der Waals surface area contributed by atoms with Gasteiger partial charge in [0.1, 0.15) is 0 Å². The smallest absolute Gasteiger partial charge is 0.244 e. The number of piperidine rings is 1. The minimum Gasteiger partial charge on any atom is -0.337 e. The first-order chi connectivity index (χ1) is 10.9. The summed E-state index contributed by atoms with van der Waals surface area (Å²) in [5.41, 5.74) is 8.51.